The first-order valence-electron chi connectivity index (χ1n) is 6.36. The molecule has 2 aromatic rings. The van der Waals surface area contributed by atoms with Crippen molar-refractivity contribution in [3.05, 3.63) is 64.4 Å². The Balaban J connectivity index is 1.98. The van der Waals surface area contributed by atoms with Crippen molar-refractivity contribution in [2.75, 3.05) is 14.2 Å². The molecule has 0 bridgehead atoms. The van der Waals surface area contributed by atoms with Gasteiger partial charge in [0.15, 0.2) is 6.29 Å². The van der Waals surface area contributed by atoms with Crippen molar-refractivity contribution < 1.29 is 13.9 Å². The lowest BCUT2D eigenvalue weighted by molar-refractivity contribution is -0.106. The molecule has 21 heavy (non-hydrogen) atoms. The predicted molar refractivity (Wildman–Crippen MR) is 84.2 cm³/mol. The Labute approximate surface area is 133 Å². The number of rotatable bonds is 6. The van der Waals surface area contributed by atoms with Crippen molar-refractivity contribution in [2.45, 2.75) is 16.9 Å². The monoisotopic (exact) mass is 326 g/mol. The molecule has 5 heteroatoms. The van der Waals surface area contributed by atoms with Crippen molar-refractivity contribution in [3.63, 3.8) is 0 Å². The maximum atomic E-state index is 13.4. The largest absolute Gasteiger partial charge is 0.352 e. The summed E-state index contributed by atoms with van der Waals surface area (Å²) in [5.41, 5.74) is 1.86. The maximum absolute atomic E-state index is 13.4. The molecule has 0 spiro atoms. The van der Waals surface area contributed by atoms with E-state index in [1.807, 2.05) is 30.3 Å². The molecular weight excluding hydrogens is 311 g/mol. The molecule has 0 aromatic heterocycles. The molecule has 0 atom stereocenters. The third-order valence-electron chi connectivity index (χ3n) is 2.97. The quantitative estimate of drug-likeness (QED) is 0.546. The van der Waals surface area contributed by atoms with Gasteiger partial charge in [0, 0.05) is 30.4 Å². The molecule has 0 unspecified atom stereocenters. The van der Waals surface area contributed by atoms with Crippen molar-refractivity contribution in [1.82, 2.24) is 0 Å². The molecule has 2 rings (SSSR count). The van der Waals surface area contributed by atoms with E-state index < -0.39 is 0 Å². The Morgan fingerprint density at radius 3 is 2.33 bits per heavy atom. The summed E-state index contributed by atoms with van der Waals surface area (Å²) >= 11 is 7.30. The molecule has 2 aromatic carbocycles. The second-order valence-corrected chi connectivity index (χ2v) is 5.87. The molecule has 0 aliphatic heterocycles. The summed E-state index contributed by atoms with van der Waals surface area (Å²) in [5.74, 6) is 0.305. The highest BCUT2D eigenvalue weighted by molar-refractivity contribution is 7.98. The Bertz CT molecular complexity index is 585. The zero-order valence-electron chi connectivity index (χ0n) is 11.8. The van der Waals surface area contributed by atoms with Gasteiger partial charge in [-0.05, 0) is 29.8 Å². The number of hydrogen-bond donors (Lipinski definition) is 0. The molecule has 0 heterocycles. The van der Waals surface area contributed by atoms with E-state index in [-0.39, 0.29) is 17.1 Å². The Kier molecular flexibility index (Phi) is 6.06. The van der Waals surface area contributed by atoms with Crippen LogP contribution in [0.15, 0.2) is 47.4 Å². The number of methoxy groups -OCH3 is 2. The van der Waals surface area contributed by atoms with Crippen LogP contribution in [-0.2, 0) is 15.2 Å². The average molecular weight is 327 g/mol. The smallest absolute Gasteiger partial charge is 0.183 e. The van der Waals surface area contributed by atoms with Gasteiger partial charge in [0.1, 0.15) is 5.82 Å². The molecule has 0 aliphatic carbocycles. The average Bonchev–Trinajstić information content (AvgIpc) is 2.51. The van der Waals surface area contributed by atoms with Crippen molar-refractivity contribution >= 4 is 23.4 Å². The van der Waals surface area contributed by atoms with Crippen LogP contribution >= 0.6 is 23.4 Å². The van der Waals surface area contributed by atoms with Gasteiger partial charge in [-0.1, -0.05) is 29.8 Å². The van der Waals surface area contributed by atoms with E-state index in [9.17, 15) is 4.39 Å². The first-order valence-corrected chi connectivity index (χ1v) is 7.72. The molecule has 0 radical (unpaired) electrons. The van der Waals surface area contributed by atoms with Crippen molar-refractivity contribution in [2.24, 2.45) is 0 Å². The number of halogens is 2. The first-order chi connectivity index (χ1) is 10.1. The standard InChI is InChI=1S/C16H16ClFO2S/c1-19-16(20-2)12-4-6-13(7-5-12)21-10-11-3-8-14(17)15(18)9-11/h3-9,16H,10H2,1-2H3. The van der Waals surface area contributed by atoms with E-state index in [1.54, 1.807) is 32.0 Å². The summed E-state index contributed by atoms with van der Waals surface area (Å²) in [6.45, 7) is 0. The molecule has 0 fully saturated rings. The molecule has 0 saturated carbocycles. The Morgan fingerprint density at radius 2 is 1.76 bits per heavy atom. The predicted octanol–water partition coefficient (Wildman–Crippen LogP) is 5.06. The lowest BCUT2D eigenvalue weighted by atomic mass is 10.2. The molecular formula is C16H16ClFO2S. The summed E-state index contributed by atoms with van der Waals surface area (Å²) < 4.78 is 23.7. The molecule has 0 aliphatic rings. The summed E-state index contributed by atoms with van der Waals surface area (Å²) in [6, 6.07) is 12.8. The summed E-state index contributed by atoms with van der Waals surface area (Å²) in [5, 5.41) is 0.151. The van der Waals surface area contributed by atoms with Crippen LogP contribution in [0.5, 0.6) is 0 Å². The van der Waals surface area contributed by atoms with E-state index in [0.717, 1.165) is 16.0 Å². The van der Waals surface area contributed by atoms with Crippen LogP contribution in [0, 0.1) is 5.82 Å². The zero-order chi connectivity index (χ0) is 15.2. The summed E-state index contributed by atoms with van der Waals surface area (Å²) in [6.07, 6.45) is -0.352. The number of thioether (sulfide) groups is 1. The van der Waals surface area contributed by atoms with Crippen LogP contribution in [0.25, 0.3) is 0 Å². The fourth-order valence-electron chi connectivity index (χ4n) is 1.89. The maximum Gasteiger partial charge on any atom is 0.183 e. The minimum absolute atomic E-state index is 0.151. The van der Waals surface area contributed by atoms with Crippen molar-refractivity contribution in [1.29, 1.82) is 0 Å². The van der Waals surface area contributed by atoms with E-state index in [2.05, 4.69) is 0 Å². The second-order valence-electron chi connectivity index (χ2n) is 4.41. The minimum Gasteiger partial charge on any atom is -0.352 e. The number of benzene rings is 2. The summed E-state index contributed by atoms with van der Waals surface area (Å²) in [4.78, 5) is 1.10. The van der Waals surface area contributed by atoms with E-state index in [4.69, 9.17) is 21.1 Å². The van der Waals surface area contributed by atoms with Gasteiger partial charge in [-0.2, -0.15) is 0 Å². The van der Waals surface area contributed by atoms with E-state index in [1.165, 1.54) is 6.07 Å². The fraction of sp³-hybridized carbons (Fsp3) is 0.250. The molecule has 0 amide bonds. The first kappa shape index (κ1) is 16.3. The van der Waals surface area contributed by atoms with Gasteiger partial charge in [0.2, 0.25) is 0 Å². The lowest BCUT2D eigenvalue weighted by Crippen LogP contribution is -2.02. The molecule has 0 saturated heterocycles. The van der Waals surface area contributed by atoms with Crippen LogP contribution in [0.3, 0.4) is 0 Å². The van der Waals surface area contributed by atoms with Crippen LogP contribution in [-0.4, -0.2) is 14.2 Å². The van der Waals surface area contributed by atoms with Gasteiger partial charge in [-0.25, -0.2) is 4.39 Å². The van der Waals surface area contributed by atoms with Gasteiger partial charge in [-0.3, -0.25) is 0 Å². The number of hydrogen-bond acceptors (Lipinski definition) is 3. The summed E-state index contributed by atoms with van der Waals surface area (Å²) in [7, 11) is 3.21. The third kappa shape index (κ3) is 4.45. The molecule has 0 N–H and O–H groups in total. The normalized spacial score (nSPS) is 11.1. The third-order valence-corrected chi connectivity index (χ3v) is 4.36. The van der Waals surface area contributed by atoms with Crippen LogP contribution in [0.4, 0.5) is 4.39 Å². The molecule has 2 nitrogen and oxygen atoms in total. The Hall–Kier alpha value is -1.07. The minimum atomic E-state index is -0.381. The van der Waals surface area contributed by atoms with Crippen molar-refractivity contribution in [3.8, 4) is 0 Å². The van der Waals surface area contributed by atoms with Crippen LogP contribution < -0.4 is 0 Å². The Morgan fingerprint density at radius 1 is 1.10 bits per heavy atom. The number of ether oxygens (including phenoxy) is 2. The highest BCUT2D eigenvalue weighted by Crippen LogP contribution is 2.26. The van der Waals surface area contributed by atoms with Gasteiger partial charge in [0.05, 0.1) is 5.02 Å². The highest BCUT2D eigenvalue weighted by Gasteiger charge is 2.08. The van der Waals surface area contributed by atoms with Gasteiger partial charge >= 0.3 is 0 Å². The van der Waals surface area contributed by atoms with Gasteiger partial charge in [-0.15, -0.1) is 11.8 Å². The topological polar surface area (TPSA) is 18.5 Å². The lowest BCUT2D eigenvalue weighted by Gasteiger charge is -2.13. The van der Waals surface area contributed by atoms with Crippen LogP contribution in [0.1, 0.15) is 17.4 Å². The highest BCUT2D eigenvalue weighted by atomic mass is 35.5. The molecule has 112 valence electrons. The van der Waals surface area contributed by atoms with E-state index >= 15 is 0 Å². The van der Waals surface area contributed by atoms with Gasteiger partial charge < -0.3 is 9.47 Å². The second kappa shape index (κ2) is 7.80. The SMILES string of the molecule is COC(OC)c1ccc(SCc2ccc(Cl)c(F)c2)cc1. The van der Waals surface area contributed by atoms with Gasteiger partial charge in [0.25, 0.3) is 0 Å². The van der Waals surface area contributed by atoms with E-state index in [0.29, 0.717) is 5.75 Å². The zero-order valence-corrected chi connectivity index (χ0v) is 13.4. The fourth-order valence-corrected chi connectivity index (χ4v) is 2.84. The van der Waals surface area contributed by atoms with Crippen LogP contribution in [0.2, 0.25) is 5.02 Å².